The lowest BCUT2D eigenvalue weighted by atomic mass is 9.81. The molecule has 1 saturated heterocycles. The monoisotopic (exact) mass is 431 g/mol. The van der Waals surface area contributed by atoms with Crippen LogP contribution in [0.25, 0.3) is 0 Å². The van der Waals surface area contributed by atoms with Crippen LogP contribution in [0.1, 0.15) is 66.2 Å². The zero-order chi connectivity index (χ0) is 21.5. The van der Waals surface area contributed by atoms with E-state index < -0.39 is 5.60 Å². The highest BCUT2D eigenvalue weighted by atomic mass is 35.5. The zero-order valence-corrected chi connectivity index (χ0v) is 19.3. The van der Waals surface area contributed by atoms with Crippen LogP contribution in [0.3, 0.4) is 0 Å². The Morgan fingerprint density at radius 3 is 2.87 bits per heavy atom. The number of amides is 1. The summed E-state index contributed by atoms with van der Waals surface area (Å²) in [6, 6.07) is 0. The summed E-state index contributed by atoms with van der Waals surface area (Å²) in [5.74, 6) is 2.08. The summed E-state index contributed by atoms with van der Waals surface area (Å²) in [4.78, 5) is 12.3. The van der Waals surface area contributed by atoms with Crippen molar-refractivity contribution in [2.75, 3.05) is 0 Å². The quantitative estimate of drug-likeness (QED) is 0.616. The molecule has 4 aliphatic rings. The van der Waals surface area contributed by atoms with Crippen LogP contribution in [-0.2, 0) is 14.3 Å². The fourth-order valence-electron chi connectivity index (χ4n) is 5.03. The summed E-state index contributed by atoms with van der Waals surface area (Å²) in [6.45, 7) is 8.14. The molecular formula is C25H34ClNO3. The number of allylic oxidation sites excluding steroid dienone is 6. The van der Waals surface area contributed by atoms with E-state index in [0.717, 1.165) is 48.6 Å². The summed E-state index contributed by atoms with van der Waals surface area (Å²) in [7, 11) is 0. The maximum absolute atomic E-state index is 12.3. The smallest absolute Gasteiger partial charge is 0.267 e. The van der Waals surface area contributed by atoms with E-state index in [1.807, 2.05) is 6.08 Å². The number of hydrogen-bond acceptors (Lipinski definition) is 3. The normalized spacial score (nSPS) is 35.8. The molecule has 4 rings (SSSR count). The van der Waals surface area contributed by atoms with Gasteiger partial charge in [0.15, 0.2) is 5.60 Å². The Hall–Kier alpha value is -1.52. The molecular weight excluding hydrogens is 398 g/mol. The first-order valence-corrected chi connectivity index (χ1v) is 11.8. The molecule has 0 bridgehead atoms. The van der Waals surface area contributed by atoms with Gasteiger partial charge in [-0.15, -0.1) is 0 Å². The van der Waals surface area contributed by atoms with Crippen LogP contribution in [0.2, 0.25) is 0 Å². The van der Waals surface area contributed by atoms with Gasteiger partial charge >= 0.3 is 0 Å². The van der Waals surface area contributed by atoms with Gasteiger partial charge in [0, 0.05) is 11.0 Å². The van der Waals surface area contributed by atoms with Crippen molar-refractivity contribution in [2.24, 2.45) is 17.8 Å². The van der Waals surface area contributed by atoms with E-state index >= 15 is 0 Å². The minimum atomic E-state index is -0.825. The predicted octanol–water partition coefficient (Wildman–Crippen LogP) is 5.75. The van der Waals surface area contributed by atoms with Crippen LogP contribution in [0.4, 0.5) is 0 Å². The number of nitrogens with one attached hydrogen (secondary N) is 1. The first-order chi connectivity index (χ1) is 14.2. The zero-order valence-electron chi connectivity index (χ0n) is 18.5. The number of hydrogen-bond donors (Lipinski definition) is 1. The van der Waals surface area contributed by atoms with Crippen LogP contribution in [0.15, 0.2) is 46.4 Å². The van der Waals surface area contributed by atoms with E-state index in [1.54, 1.807) is 13.8 Å². The van der Waals surface area contributed by atoms with Gasteiger partial charge in [-0.2, -0.15) is 0 Å². The maximum Gasteiger partial charge on any atom is 0.267 e. The summed E-state index contributed by atoms with van der Waals surface area (Å²) >= 11 is 6.61. The second kappa shape index (κ2) is 8.55. The molecule has 0 radical (unpaired) electrons. The third-order valence-corrected chi connectivity index (χ3v) is 7.23. The number of rotatable bonds is 4. The number of carbonyl (C=O) groups excluding carboxylic acids is 1. The van der Waals surface area contributed by atoms with E-state index in [2.05, 4.69) is 37.4 Å². The number of halogens is 1. The third-order valence-electron chi connectivity index (χ3n) is 6.83. The molecule has 2 heterocycles. The number of ether oxygens (including phenoxy) is 2. The highest BCUT2D eigenvalue weighted by Crippen LogP contribution is 2.40. The largest absolute Gasteiger partial charge is 0.476 e. The Bertz CT molecular complexity index is 822. The van der Waals surface area contributed by atoms with Gasteiger partial charge < -0.3 is 14.8 Å². The van der Waals surface area contributed by atoms with Gasteiger partial charge in [0.2, 0.25) is 0 Å². The Morgan fingerprint density at radius 2 is 2.10 bits per heavy atom. The first-order valence-electron chi connectivity index (χ1n) is 11.4. The summed E-state index contributed by atoms with van der Waals surface area (Å²) in [6.07, 6.45) is 15.3. The van der Waals surface area contributed by atoms with Crippen LogP contribution >= 0.6 is 11.6 Å². The molecule has 0 aromatic carbocycles. The van der Waals surface area contributed by atoms with Crippen molar-refractivity contribution in [1.29, 1.82) is 0 Å². The Morgan fingerprint density at radius 1 is 1.30 bits per heavy atom. The molecule has 0 saturated carbocycles. The first kappa shape index (κ1) is 21.7. The summed E-state index contributed by atoms with van der Waals surface area (Å²) < 4.78 is 12.3. The van der Waals surface area contributed by atoms with Crippen molar-refractivity contribution in [3.05, 3.63) is 46.4 Å². The molecule has 4 nitrogen and oxygen atoms in total. The fraction of sp³-hybridized carbons (Fsp3) is 0.640. The van der Waals surface area contributed by atoms with Gasteiger partial charge in [0.05, 0.1) is 17.9 Å². The molecule has 1 N–H and O–H groups in total. The van der Waals surface area contributed by atoms with Crippen LogP contribution < -0.4 is 5.32 Å². The highest BCUT2D eigenvalue weighted by Gasteiger charge is 2.38. The van der Waals surface area contributed by atoms with Crippen molar-refractivity contribution >= 4 is 17.5 Å². The van der Waals surface area contributed by atoms with Crippen LogP contribution in [0.5, 0.6) is 0 Å². The topological polar surface area (TPSA) is 47.6 Å². The average molecular weight is 432 g/mol. The minimum absolute atomic E-state index is 0.0841. The lowest BCUT2D eigenvalue weighted by Crippen LogP contribution is -2.48. The average Bonchev–Trinajstić information content (AvgIpc) is 2.70. The van der Waals surface area contributed by atoms with E-state index in [9.17, 15) is 4.79 Å². The lowest BCUT2D eigenvalue weighted by Gasteiger charge is -2.38. The molecule has 5 atom stereocenters. The van der Waals surface area contributed by atoms with E-state index in [4.69, 9.17) is 21.1 Å². The van der Waals surface area contributed by atoms with Crippen molar-refractivity contribution in [1.82, 2.24) is 5.32 Å². The lowest BCUT2D eigenvalue weighted by molar-refractivity contribution is -0.140. The van der Waals surface area contributed by atoms with Crippen molar-refractivity contribution < 1.29 is 14.3 Å². The van der Waals surface area contributed by atoms with Crippen molar-refractivity contribution in [3.63, 3.8) is 0 Å². The second-order valence-corrected chi connectivity index (χ2v) is 10.3. The van der Waals surface area contributed by atoms with E-state index in [-0.39, 0.29) is 17.9 Å². The van der Waals surface area contributed by atoms with Gasteiger partial charge in [-0.05, 0) is 75.9 Å². The highest BCUT2D eigenvalue weighted by molar-refractivity contribution is 6.32. The molecule has 2 aliphatic carbocycles. The van der Waals surface area contributed by atoms with Gasteiger partial charge in [0.25, 0.3) is 5.91 Å². The minimum Gasteiger partial charge on any atom is -0.476 e. The SMILES string of the molecule is CCC1CC(C)CC(C2C=C(CC3C=CC4=C(C3)NC(=O)C(C)(C)O4)C(Cl)=CC2)O1. The van der Waals surface area contributed by atoms with Crippen molar-refractivity contribution in [2.45, 2.75) is 84.0 Å². The van der Waals surface area contributed by atoms with E-state index in [0.29, 0.717) is 17.9 Å². The molecule has 0 spiro atoms. The molecule has 1 fully saturated rings. The fourth-order valence-corrected chi connectivity index (χ4v) is 5.26. The van der Waals surface area contributed by atoms with Crippen LogP contribution in [0, 0.1) is 17.8 Å². The Labute approximate surface area is 185 Å². The second-order valence-electron chi connectivity index (χ2n) is 9.86. The molecule has 1 amide bonds. The Balaban J connectivity index is 1.44. The van der Waals surface area contributed by atoms with Crippen molar-refractivity contribution in [3.8, 4) is 0 Å². The maximum atomic E-state index is 12.3. The molecule has 2 aliphatic heterocycles. The molecule has 0 aromatic heterocycles. The molecule has 5 unspecified atom stereocenters. The van der Waals surface area contributed by atoms with Gasteiger partial charge in [-0.1, -0.05) is 43.7 Å². The van der Waals surface area contributed by atoms with Crippen LogP contribution in [-0.4, -0.2) is 23.7 Å². The molecule has 5 heteroatoms. The van der Waals surface area contributed by atoms with Gasteiger partial charge in [-0.3, -0.25) is 4.79 Å². The number of carbonyl (C=O) groups is 1. The summed E-state index contributed by atoms with van der Waals surface area (Å²) in [5.41, 5.74) is 1.26. The third kappa shape index (κ3) is 4.55. The van der Waals surface area contributed by atoms with Gasteiger partial charge in [0.1, 0.15) is 5.76 Å². The van der Waals surface area contributed by atoms with Gasteiger partial charge in [-0.25, -0.2) is 0 Å². The predicted molar refractivity (Wildman–Crippen MR) is 120 cm³/mol. The Kier molecular flexibility index (Phi) is 6.18. The standard InChI is InChI=1S/C25H34ClNO3/c1-5-19-10-15(2)11-23(29-19)17-7-8-20(26)18(14-17)12-16-6-9-22-21(13-16)27-24(28)25(3,4)30-22/h6,8-9,14-17,19,23H,5,7,10-13H2,1-4H3,(H,27,28). The molecule has 164 valence electrons. The molecule has 0 aromatic rings. The van der Waals surface area contributed by atoms with E-state index in [1.165, 1.54) is 12.0 Å². The molecule has 30 heavy (non-hydrogen) atoms. The summed E-state index contributed by atoms with van der Waals surface area (Å²) in [5, 5.41) is 3.90.